The molecule has 3 aliphatic rings. The lowest BCUT2D eigenvalue weighted by Gasteiger charge is -2.24. The number of aliphatic hydroxyl groups excluding tert-OH is 3. The number of sulfonamides is 1. The van der Waals surface area contributed by atoms with Crippen molar-refractivity contribution >= 4 is 75.6 Å². The van der Waals surface area contributed by atoms with Crippen LogP contribution in [-0.4, -0.2) is 170 Å². The number of hydrogen-bond donors (Lipinski definition) is 11. The van der Waals surface area contributed by atoms with Gasteiger partial charge < -0.3 is 64.9 Å². The number of nitrogens with one attached hydrogen (secondary N) is 3. The minimum Gasteiger partial charge on any atom is -0.387 e. The van der Waals surface area contributed by atoms with E-state index < -0.39 is 158 Å². The summed E-state index contributed by atoms with van der Waals surface area (Å²) in [4.78, 5) is 89.2. The average Bonchev–Trinajstić information content (AvgIpc) is 4.24. The van der Waals surface area contributed by atoms with E-state index in [1.165, 1.54) is 33.4 Å². The maximum absolute atomic E-state index is 14.2. The molecule has 78 heavy (non-hydrogen) atoms. The van der Waals surface area contributed by atoms with Crippen molar-refractivity contribution < 1.29 is 102 Å². The number of nitrogen functional groups attached to an aromatic ring is 2. The van der Waals surface area contributed by atoms with Crippen LogP contribution in [0.3, 0.4) is 0 Å². The highest BCUT2D eigenvalue weighted by Gasteiger charge is 2.54. The molecule has 0 bridgehead atoms. The third-order valence-electron chi connectivity index (χ3n) is 12.5. The number of hydrogen-bond acceptors (Lipinski definition) is 27. The van der Waals surface area contributed by atoms with Gasteiger partial charge in [-0.2, -0.15) is 18.2 Å². The second-order valence-electron chi connectivity index (χ2n) is 17.7. The van der Waals surface area contributed by atoms with Crippen LogP contribution in [0.25, 0.3) is 22.3 Å². The van der Waals surface area contributed by atoms with Gasteiger partial charge in [0.05, 0.1) is 56.8 Å². The Morgan fingerprint density at radius 1 is 0.846 bits per heavy atom. The molecule has 13 N–H and O–H groups in total. The predicted octanol–water partition coefficient (Wildman–Crippen LogP) is -3.54. The van der Waals surface area contributed by atoms with Crippen LogP contribution in [0.1, 0.15) is 38.4 Å². The molecule has 3 saturated heterocycles. The van der Waals surface area contributed by atoms with Crippen molar-refractivity contribution in [1.82, 2.24) is 48.3 Å². The number of unbranched alkanes of at least 4 members (excludes halogenated alkanes) is 1. The van der Waals surface area contributed by atoms with Crippen molar-refractivity contribution in [3.63, 3.8) is 0 Å². The first kappa shape index (κ1) is 59.5. The summed E-state index contributed by atoms with van der Waals surface area (Å²) < 4.78 is 134. The number of phosphoric ester groups is 2. The number of ether oxygens (including phenoxy) is 4. The van der Waals surface area contributed by atoms with E-state index in [1.807, 2.05) is 4.98 Å². The molecule has 37 nitrogen and oxygen atoms in total. The fraction of sp³-hybridized carbons (Fsp3) is 0.611. The van der Waals surface area contributed by atoms with Crippen molar-refractivity contribution in [2.75, 3.05) is 50.7 Å². The largest absolute Gasteiger partial charge is 0.490 e. The molecule has 3 fully saturated rings. The first-order chi connectivity index (χ1) is 36.6. The number of aliphatic hydroxyl groups is 3. The molecule has 0 aliphatic carbocycles. The lowest BCUT2D eigenvalue weighted by atomic mass is 9.98. The van der Waals surface area contributed by atoms with E-state index in [-0.39, 0.29) is 46.3 Å². The molecule has 0 radical (unpaired) electrons. The summed E-state index contributed by atoms with van der Waals surface area (Å²) in [5.41, 5.74) is 7.78. The summed E-state index contributed by atoms with van der Waals surface area (Å²) in [6, 6.07) is 0.956. The normalized spacial score (nSPS) is 29.4. The number of aromatic amines is 2. The predicted molar refractivity (Wildman–Crippen MR) is 260 cm³/mol. The lowest BCUT2D eigenvalue weighted by Crippen LogP contribution is -2.40. The first-order valence-corrected chi connectivity index (χ1v) is 30.5. The fourth-order valence-electron chi connectivity index (χ4n) is 8.87. The topological polar surface area (TPSA) is 524 Å². The van der Waals surface area contributed by atoms with Crippen molar-refractivity contribution in [3.8, 4) is 0 Å². The molecule has 8 rings (SSSR count). The minimum atomic E-state index is -6.23. The summed E-state index contributed by atoms with van der Waals surface area (Å²) >= 11 is 0. The highest BCUT2D eigenvalue weighted by atomic mass is 32.2. The molecule has 0 saturated carbocycles. The molecule has 16 atom stereocenters. The molecule has 0 spiro atoms. The summed E-state index contributed by atoms with van der Waals surface area (Å²) in [6.45, 7) is -1.82. The Morgan fingerprint density at radius 3 is 2.17 bits per heavy atom. The Kier molecular flexibility index (Phi) is 17.9. The zero-order chi connectivity index (χ0) is 56.8. The maximum Gasteiger partial charge on any atom is 0.490 e. The van der Waals surface area contributed by atoms with Gasteiger partial charge in [0.25, 0.3) is 16.7 Å². The van der Waals surface area contributed by atoms with Gasteiger partial charge in [-0.1, -0.05) is 13.3 Å². The number of nitrogens with two attached hydrogens (primary N) is 2. The van der Waals surface area contributed by atoms with Crippen LogP contribution in [0, 0.1) is 5.92 Å². The average molecular weight is 1210 g/mol. The van der Waals surface area contributed by atoms with E-state index in [0.717, 1.165) is 30.3 Å². The standard InChI is InChI=1S/C36H53N13O24P4S/c1-4-5-8-78(63,64)42-9-16-17(69-32(23(16)51)49-15-46(2)22-30(49)44-35(38)45-31(22)54)11-67-75(57,58)72-77(61,62)73-76(59,60)68-12-19-27(26(65-3)34(71-19)48-14-41-21-28(37)39-13-40-29(21)48)74(56)66-10-18-24(52)25(53)33(70-18)47-7-6-20(50)43-36(47)55/h6-7,13-19,23-27,32-34,42,51-53,74H,4-5,8-12H2,1-3H3,(H8-,37,38,39,40,43,44,45,50,54,55,57,58,59,60,61,62)/p+1/t16-,17-,18-,19-,23-,24-,25-,26-,27-,32-,33-,34-/m1/s1. The molecule has 0 aromatic carbocycles. The number of aryl methyl sites for hydroxylation is 1. The van der Waals surface area contributed by atoms with Gasteiger partial charge in [0.15, 0.2) is 31.9 Å². The molecule has 5 aromatic rings. The third-order valence-corrected chi connectivity index (χ3v) is 19.9. The third kappa shape index (κ3) is 12.9. The fourth-order valence-corrected chi connectivity index (χ4v) is 15.2. The number of anilines is 2. The molecule has 8 heterocycles. The van der Waals surface area contributed by atoms with Crippen LogP contribution in [0.2, 0.25) is 0 Å². The maximum atomic E-state index is 14.2. The number of methoxy groups -OCH3 is 1. The van der Waals surface area contributed by atoms with E-state index in [4.69, 9.17) is 44.0 Å². The van der Waals surface area contributed by atoms with Crippen LogP contribution in [0.4, 0.5) is 11.8 Å². The van der Waals surface area contributed by atoms with Gasteiger partial charge in [0.1, 0.15) is 42.4 Å². The van der Waals surface area contributed by atoms with E-state index >= 15 is 0 Å². The SMILES string of the molecule is CCCCS(=O)(=O)NC[C@H]1[C@@H](O)[C@H](n2c[n+](C)c3c(=O)[nH]c(N)nc32)O[C@@H]1COP(=O)(O)OP(=O)(O)OP(=O)(O)OC[C@H]1O[C@@H](n2cnc3c(N)ncnc32)[C@H](OC)[C@@H]1[PH](=O)OC[C@H]1O[C@@H](n2ccc(=O)[nH]c2=O)[C@H](O)[C@@H]1O. The van der Waals surface area contributed by atoms with Crippen LogP contribution in [-0.2, 0) is 76.5 Å². The molecular formula is C36H54N13O24P4S+. The molecule has 5 aromatic heterocycles. The summed E-state index contributed by atoms with van der Waals surface area (Å²) in [7, 11) is -23.1. The Hall–Kier alpha value is -4.59. The number of phosphoric acid groups is 3. The van der Waals surface area contributed by atoms with Gasteiger partial charge in [-0.25, -0.2) is 51.1 Å². The second-order valence-corrected chi connectivity index (χ2v) is 25.9. The smallest absolute Gasteiger partial charge is 0.387 e. The lowest BCUT2D eigenvalue weighted by molar-refractivity contribution is -0.646. The van der Waals surface area contributed by atoms with Gasteiger partial charge in [0.2, 0.25) is 28.5 Å². The number of H-pyrrole nitrogens is 2. The summed E-state index contributed by atoms with van der Waals surface area (Å²) in [6.07, 6.45) is -10.3. The van der Waals surface area contributed by atoms with Gasteiger partial charge in [-0.15, -0.1) is 0 Å². The Balaban J connectivity index is 0.957. The van der Waals surface area contributed by atoms with Gasteiger partial charge in [0, 0.05) is 31.8 Å². The minimum absolute atomic E-state index is 0.0301. The first-order valence-electron chi connectivity index (χ1n) is 23.0. The number of imidazole rings is 2. The van der Waals surface area contributed by atoms with Crippen molar-refractivity contribution in [3.05, 3.63) is 62.4 Å². The Morgan fingerprint density at radius 2 is 1.50 bits per heavy atom. The molecule has 4 unspecified atom stereocenters. The zero-order valence-electron chi connectivity index (χ0n) is 40.8. The van der Waals surface area contributed by atoms with E-state index in [2.05, 4.69) is 38.3 Å². The summed E-state index contributed by atoms with van der Waals surface area (Å²) in [5.74, 6) is -2.00. The number of fused-ring (bicyclic) bond motifs is 2. The van der Waals surface area contributed by atoms with E-state index in [1.54, 1.807) is 6.92 Å². The monoisotopic (exact) mass is 1210 g/mol. The van der Waals surface area contributed by atoms with Crippen molar-refractivity contribution in [2.24, 2.45) is 13.0 Å². The van der Waals surface area contributed by atoms with Gasteiger partial charge >= 0.3 is 34.7 Å². The quantitative estimate of drug-likeness (QED) is 0.0210. The summed E-state index contributed by atoms with van der Waals surface area (Å²) in [5, 5.41) is 33.1. The number of aromatic nitrogens is 10. The molecule has 42 heteroatoms. The number of nitrogens with zero attached hydrogens (tertiary/aromatic N) is 8. The highest BCUT2D eigenvalue weighted by Crippen LogP contribution is 2.68. The van der Waals surface area contributed by atoms with Gasteiger partial charge in [-0.05, 0) is 6.42 Å². The molecular weight excluding hydrogens is 1150 g/mol. The van der Waals surface area contributed by atoms with Crippen LogP contribution < -0.4 is 37.6 Å². The van der Waals surface area contributed by atoms with Gasteiger partial charge in [-0.3, -0.25) is 42.3 Å². The Bertz CT molecular complexity index is 3490. The zero-order valence-corrected chi connectivity index (χ0v) is 45.3. The van der Waals surface area contributed by atoms with Crippen LogP contribution >= 0.6 is 31.5 Å². The molecule has 432 valence electrons. The molecule has 0 amide bonds. The van der Waals surface area contributed by atoms with Crippen LogP contribution in [0.15, 0.2) is 45.6 Å². The van der Waals surface area contributed by atoms with Crippen molar-refractivity contribution in [1.29, 1.82) is 0 Å². The van der Waals surface area contributed by atoms with Crippen molar-refractivity contribution in [2.45, 2.75) is 86.8 Å². The highest BCUT2D eigenvalue weighted by molar-refractivity contribution is 7.89. The number of rotatable bonds is 24. The van der Waals surface area contributed by atoms with Crippen LogP contribution in [0.5, 0.6) is 0 Å². The van der Waals surface area contributed by atoms with E-state index in [9.17, 15) is 71.1 Å². The Labute approximate surface area is 438 Å². The van der Waals surface area contributed by atoms with E-state index in [0.29, 0.717) is 6.42 Å². The second kappa shape index (κ2) is 23.5. The molecule has 3 aliphatic heterocycles.